The van der Waals surface area contributed by atoms with Crippen LogP contribution < -0.4 is 5.32 Å². The average Bonchev–Trinajstić information content (AvgIpc) is 2.70. The first kappa shape index (κ1) is 25.8. The second-order valence-corrected chi connectivity index (χ2v) is 8.59. The van der Waals surface area contributed by atoms with Crippen molar-refractivity contribution >= 4 is 17.7 Å². The van der Waals surface area contributed by atoms with Crippen LogP contribution in [-0.2, 0) is 35.2 Å². The molecule has 7 heteroatoms. The molecule has 0 atom stereocenters. The van der Waals surface area contributed by atoms with E-state index >= 15 is 0 Å². The van der Waals surface area contributed by atoms with Crippen molar-refractivity contribution in [3.05, 3.63) is 35.9 Å². The first-order valence-electron chi connectivity index (χ1n) is 10.2. The molecule has 168 valence electrons. The molecule has 1 aromatic carbocycles. The first-order chi connectivity index (χ1) is 14.0. The summed E-state index contributed by atoms with van der Waals surface area (Å²) in [5.41, 5.74) is -0.780. The number of amides is 1. The second-order valence-electron chi connectivity index (χ2n) is 8.59. The fourth-order valence-electron chi connectivity index (χ4n) is 2.32. The van der Waals surface area contributed by atoms with Crippen LogP contribution in [0.25, 0.3) is 0 Å². The highest BCUT2D eigenvalue weighted by Crippen LogP contribution is 2.19. The van der Waals surface area contributed by atoms with Gasteiger partial charge in [-0.3, -0.25) is 14.4 Å². The van der Waals surface area contributed by atoms with Gasteiger partial charge in [-0.25, -0.2) is 0 Å². The molecule has 0 aromatic heterocycles. The van der Waals surface area contributed by atoms with E-state index in [4.69, 9.17) is 14.2 Å². The van der Waals surface area contributed by atoms with E-state index in [2.05, 4.69) is 5.32 Å². The normalized spacial score (nSPS) is 11.8. The SMILES string of the molecule is CC(C)(C)C(=O)CCOCCOCCNC(=O)C(C)(C)C(=O)OCc1ccccc1. The Labute approximate surface area is 179 Å². The fourth-order valence-corrected chi connectivity index (χ4v) is 2.32. The summed E-state index contributed by atoms with van der Waals surface area (Å²) >= 11 is 0. The maximum Gasteiger partial charge on any atom is 0.321 e. The highest BCUT2D eigenvalue weighted by Gasteiger charge is 2.37. The number of hydrogen-bond donors (Lipinski definition) is 1. The molecule has 0 saturated carbocycles. The van der Waals surface area contributed by atoms with Gasteiger partial charge in [-0.05, 0) is 19.4 Å². The zero-order valence-electron chi connectivity index (χ0n) is 18.8. The zero-order valence-corrected chi connectivity index (χ0v) is 18.8. The van der Waals surface area contributed by atoms with Gasteiger partial charge in [0.05, 0.1) is 26.4 Å². The van der Waals surface area contributed by atoms with Crippen molar-refractivity contribution in [1.29, 1.82) is 0 Å². The highest BCUT2D eigenvalue weighted by atomic mass is 16.5. The molecule has 0 aliphatic heterocycles. The van der Waals surface area contributed by atoms with E-state index in [0.29, 0.717) is 32.8 Å². The van der Waals surface area contributed by atoms with Crippen molar-refractivity contribution in [2.75, 3.05) is 33.0 Å². The number of ether oxygens (including phenoxy) is 3. The molecule has 1 rings (SSSR count). The minimum absolute atomic E-state index is 0.126. The summed E-state index contributed by atoms with van der Waals surface area (Å²) in [4.78, 5) is 36.3. The maximum absolute atomic E-state index is 12.3. The van der Waals surface area contributed by atoms with Crippen LogP contribution in [-0.4, -0.2) is 50.6 Å². The lowest BCUT2D eigenvalue weighted by atomic mass is 9.89. The van der Waals surface area contributed by atoms with Crippen LogP contribution in [0, 0.1) is 10.8 Å². The van der Waals surface area contributed by atoms with Crippen LogP contribution in [0.4, 0.5) is 0 Å². The van der Waals surface area contributed by atoms with Crippen LogP contribution in [0.5, 0.6) is 0 Å². The maximum atomic E-state index is 12.3. The molecule has 30 heavy (non-hydrogen) atoms. The molecule has 0 aliphatic rings. The van der Waals surface area contributed by atoms with Gasteiger partial charge in [0, 0.05) is 18.4 Å². The van der Waals surface area contributed by atoms with E-state index in [0.717, 1.165) is 5.56 Å². The van der Waals surface area contributed by atoms with Gasteiger partial charge in [0.2, 0.25) is 5.91 Å². The molecular weight excluding hydrogens is 386 g/mol. The van der Waals surface area contributed by atoms with Crippen LogP contribution in [0.3, 0.4) is 0 Å². The third-order valence-electron chi connectivity index (χ3n) is 4.50. The van der Waals surface area contributed by atoms with Crippen molar-refractivity contribution in [2.24, 2.45) is 10.8 Å². The van der Waals surface area contributed by atoms with Crippen LogP contribution >= 0.6 is 0 Å². The number of hydrogen-bond acceptors (Lipinski definition) is 6. The summed E-state index contributed by atoms with van der Waals surface area (Å²) in [7, 11) is 0. The molecule has 7 nitrogen and oxygen atoms in total. The monoisotopic (exact) mass is 421 g/mol. The van der Waals surface area contributed by atoms with E-state index in [9.17, 15) is 14.4 Å². The van der Waals surface area contributed by atoms with E-state index < -0.39 is 17.3 Å². The molecule has 0 heterocycles. The molecule has 0 radical (unpaired) electrons. The molecule has 1 N–H and O–H groups in total. The van der Waals surface area contributed by atoms with Crippen molar-refractivity contribution in [3.63, 3.8) is 0 Å². The molecule has 0 unspecified atom stereocenters. The van der Waals surface area contributed by atoms with Gasteiger partial charge in [0.15, 0.2) is 0 Å². The molecule has 0 bridgehead atoms. The quantitative estimate of drug-likeness (QED) is 0.299. The van der Waals surface area contributed by atoms with Crippen LogP contribution in [0.15, 0.2) is 30.3 Å². The average molecular weight is 422 g/mol. The van der Waals surface area contributed by atoms with Crippen LogP contribution in [0.1, 0.15) is 46.6 Å². The van der Waals surface area contributed by atoms with E-state index in [1.807, 2.05) is 51.1 Å². The number of rotatable bonds is 13. The van der Waals surface area contributed by atoms with Gasteiger partial charge in [-0.15, -0.1) is 0 Å². The Kier molecular flexibility index (Phi) is 10.7. The Morgan fingerprint density at radius 1 is 0.867 bits per heavy atom. The number of Topliss-reactive ketones (excluding diaryl/α,β-unsaturated/α-hetero) is 1. The lowest BCUT2D eigenvalue weighted by molar-refractivity contribution is -0.160. The van der Waals surface area contributed by atoms with Gasteiger partial charge in [-0.1, -0.05) is 51.1 Å². The molecule has 0 aliphatic carbocycles. The molecule has 1 amide bonds. The Hall–Kier alpha value is -2.25. The van der Waals surface area contributed by atoms with Gasteiger partial charge in [0.25, 0.3) is 0 Å². The summed E-state index contributed by atoms with van der Waals surface area (Å²) in [6, 6.07) is 9.30. The number of esters is 1. The van der Waals surface area contributed by atoms with Gasteiger partial charge >= 0.3 is 5.97 Å². The topological polar surface area (TPSA) is 90.9 Å². The Bertz CT molecular complexity index is 679. The number of carbonyl (C=O) groups excluding carboxylic acids is 3. The minimum atomic E-state index is -1.29. The first-order valence-corrected chi connectivity index (χ1v) is 10.2. The van der Waals surface area contributed by atoms with E-state index in [1.165, 1.54) is 13.8 Å². The lowest BCUT2D eigenvalue weighted by Crippen LogP contribution is -2.44. The number of nitrogens with one attached hydrogen (secondary N) is 1. The molecule has 0 saturated heterocycles. The number of carbonyl (C=O) groups is 3. The molecule has 1 aromatic rings. The summed E-state index contributed by atoms with van der Waals surface area (Å²) in [6.07, 6.45) is 0.384. The number of ketones is 1. The van der Waals surface area contributed by atoms with Gasteiger partial charge in [-0.2, -0.15) is 0 Å². The summed E-state index contributed by atoms with van der Waals surface area (Å²) in [5, 5.41) is 2.69. The predicted molar refractivity (Wildman–Crippen MR) is 114 cm³/mol. The lowest BCUT2D eigenvalue weighted by Gasteiger charge is -2.21. The third kappa shape index (κ3) is 9.50. The smallest absolute Gasteiger partial charge is 0.321 e. The fraction of sp³-hybridized carbons (Fsp3) is 0.609. The second kappa shape index (κ2) is 12.4. The summed E-state index contributed by atoms with van der Waals surface area (Å²) in [6.45, 7) is 10.5. The van der Waals surface area contributed by atoms with Crippen molar-refractivity contribution in [1.82, 2.24) is 5.32 Å². The van der Waals surface area contributed by atoms with E-state index in [-0.39, 0.29) is 24.3 Å². The zero-order chi connectivity index (χ0) is 22.6. The Morgan fingerprint density at radius 2 is 1.47 bits per heavy atom. The summed E-state index contributed by atoms with van der Waals surface area (Å²) in [5.74, 6) is -0.833. The van der Waals surface area contributed by atoms with Gasteiger partial charge in [0.1, 0.15) is 17.8 Å². The number of benzene rings is 1. The van der Waals surface area contributed by atoms with Crippen molar-refractivity contribution < 1.29 is 28.6 Å². The van der Waals surface area contributed by atoms with Crippen molar-refractivity contribution in [3.8, 4) is 0 Å². The van der Waals surface area contributed by atoms with Gasteiger partial charge < -0.3 is 19.5 Å². The predicted octanol–water partition coefficient (Wildman–Crippen LogP) is 2.91. The third-order valence-corrected chi connectivity index (χ3v) is 4.50. The largest absolute Gasteiger partial charge is 0.460 e. The van der Waals surface area contributed by atoms with Crippen LogP contribution in [0.2, 0.25) is 0 Å². The standard InChI is InChI=1S/C23H35NO6/c1-22(2,3)19(25)11-13-28-15-16-29-14-12-24-20(26)23(4,5)21(27)30-17-18-9-7-6-8-10-18/h6-10H,11-17H2,1-5H3,(H,24,26). The van der Waals surface area contributed by atoms with Crippen molar-refractivity contribution in [2.45, 2.75) is 47.6 Å². The van der Waals surface area contributed by atoms with E-state index in [1.54, 1.807) is 0 Å². The Balaban J connectivity index is 2.15. The molecular formula is C23H35NO6. The minimum Gasteiger partial charge on any atom is -0.460 e. The molecule has 0 spiro atoms. The highest BCUT2D eigenvalue weighted by molar-refractivity contribution is 6.01. The Morgan fingerprint density at radius 3 is 2.07 bits per heavy atom. The summed E-state index contributed by atoms with van der Waals surface area (Å²) < 4.78 is 16.0. The molecule has 0 fully saturated rings.